The van der Waals surface area contributed by atoms with Crippen molar-refractivity contribution in [2.75, 3.05) is 44.5 Å². The topological polar surface area (TPSA) is 56.5 Å². The van der Waals surface area contributed by atoms with Gasteiger partial charge in [0, 0.05) is 25.9 Å². The maximum absolute atomic E-state index is 6.04. The average molecular weight is 293 g/mol. The Morgan fingerprint density at radius 1 is 1.17 bits per heavy atom. The molecule has 18 heavy (non-hydrogen) atoms. The molecule has 0 saturated carbocycles. The van der Waals surface area contributed by atoms with E-state index in [0.29, 0.717) is 41.2 Å². The number of hydrogen-bond acceptors (Lipinski definition) is 4. The normalized spacial score (nSPS) is 10.6. The number of nitrogen functional groups attached to an aromatic ring is 1. The van der Waals surface area contributed by atoms with E-state index in [1.54, 1.807) is 19.2 Å². The fourth-order valence-electron chi connectivity index (χ4n) is 1.39. The summed E-state index contributed by atoms with van der Waals surface area (Å²) in [4.78, 5) is 0. The van der Waals surface area contributed by atoms with Gasteiger partial charge in [0.1, 0.15) is 0 Å². The van der Waals surface area contributed by atoms with Crippen molar-refractivity contribution in [1.82, 2.24) is 0 Å². The zero-order valence-corrected chi connectivity index (χ0v) is 11.9. The molecule has 0 atom stereocenters. The van der Waals surface area contributed by atoms with Gasteiger partial charge in [0.05, 0.1) is 28.9 Å². The molecule has 102 valence electrons. The lowest BCUT2D eigenvalue weighted by atomic mass is 10.2. The molecule has 0 aliphatic rings. The Morgan fingerprint density at radius 2 is 1.83 bits per heavy atom. The summed E-state index contributed by atoms with van der Waals surface area (Å²) in [6, 6.07) is 3.34. The Morgan fingerprint density at radius 3 is 2.44 bits per heavy atom. The summed E-state index contributed by atoms with van der Waals surface area (Å²) in [5.74, 6) is 0. The van der Waals surface area contributed by atoms with Crippen LogP contribution in [0.3, 0.4) is 0 Å². The molecule has 0 fully saturated rings. The zero-order chi connectivity index (χ0) is 13.4. The number of anilines is 2. The lowest BCUT2D eigenvalue weighted by molar-refractivity contribution is 0.0705. The molecule has 1 rings (SSSR count). The highest BCUT2D eigenvalue weighted by Gasteiger charge is 2.06. The number of nitrogens with two attached hydrogens (primary N) is 1. The second kappa shape index (κ2) is 8.43. The number of ether oxygens (including phenoxy) is 2. The minimum Gasteiger partial charge on any atom is -0.399 e. The fourth-order valence-corrected chi connectivity index (χ4v) is 2.03. The van der Waals surface area contributed by atoms with Crippen molar-refractivity contribution in [3.05, 3.63) is 22.2 Å². The Labute approximate surface area is 117 Å². The van der Waals surface area contributed by atoms with E-state index in [-0.39, 0.29) is 0 Å². The summed E-state index contributed by atoms with van der Waals surface area (Å²) in [5, 5.41) is 4.22. The van der Waals surface area contributed by atoms with Crippen molar-refractivity contribution in [3.8, 4) is 0 Å². The summed E-state index contributed by atoms with van der Waals surface area (Å²) >= 11 is 12.1. The van der Waals surface area contributed by atoms with Gasteiger partial charge in [0.25, 0.3) is 0 Å². The Hall–Kier alpha value is -0.680. The van der Waals surface area contributed by atoms with Crippen molar-refractivity contribution < 1.29 is 9.47 Å². The standard InChI is InChI=1S/C12H18Cl2N2O2/c1-17-5-6-18-4-2-3-16-12-10(13)7-9(15)8-11(12)14/h7-8,16H,2-6,15H2,1H3. The predicted octanol–water partition coefficient (Wildman–Crippen LogP) is 3.04. The summed E-state index contributed by atoms with van der Waals surface area (Å²) in [6.07, 6.45) is 0.862. The van der Waals surface area contributed by atoms with Crippen LogP contribution in [0, 0.1) is 0 Å². The monoisotopic (exact) mass is 292 g/mol. The van der Waals surface area contributed by atoms with Gasteiger partial charge in [0.15, 0.2) is 0 Å². The summed E-state index contributed by atoms with van der Waals surface area (Å²) < 4.78 is 10.2. The van der Waals surface area contributed by atoms with Crippen molar-refractivity contribution >= 4 is 34.6 Å². The molecule has 0 saturated heterocycles. The van der Waals surface area contributed by atoms with Gasteiger partial charge < -0.3 is 20.5 Å². The molecule has 1 aromatic carbocycles. The highest BCUT2D eigenvalue weighted by Crippen LogP contribution is 2.32. The highest BCUT2D eigenvalue weighted by molar-refractivity contribution is 6.39. The van der Waals surface area contributed by atoms with Crippen molar-refractivity contribution in [2.45, 2.75) is 6.42 Å². The van der Waals surface area contributed by atoms with E-state index in [9.17, 15) is 0 Å². The van der Waals surface area contributed by atoms with Gasteiger partial charge >= 0.3 is 0 Å². The van der Waals surface area contributed by atoms with Crippen LogP contribution < -0.4 is 11.1 Å². The molecule has 0 aliphatic carbocycles. The largest absolute Gasteiger partial charge is 0.399 e. The second-order valence-electron chi connectivity index (χ2n) is 3.75. The SMILES string of the molecule is COCCOCCCNc1c(Cl)cc(N)cc1Cl. The summed E-state index contributed by atoms with van der Waals surface area (Å²) in [6.45, 7) is 2.62. The summed E-state index contributed by atoms with van der Waals surface area (Å²) in [5.41, 5.74) is 6.89. The van der Waals surface area contributed by atoms with Crippen LogP contribution in [0.15, 0.2) is 12.1 Å². The van der Waals surface area contributed by atoms with E-state index in [0.717, 1.165) is 13.0 Å². The molecule has 3 N–H and O–H groups in total. The first-order valence-electron chi connectivity index (χ1n) is 5.70. The maximum Gasteiger partial charge on any atom is 0.0720 e. The number of halogens is 2. The van der Waals surface area contributed by atoms with Gasteiger partial charge in [-0.1, -0.05) is 23.2 Å². The molecule has 0 radical (unpaired) electrons. The molecular formula is C12H18Cl2N2O2. The van der Waals surface area contributed by atoms with E-state index in [1.807, 2.05) is 0 Å². The molecule has 6 heteroatoms. The second-order valence-corrected chi connectivity index (χ2v) is 4.56. The number of rotatable bonds is 8. The van der Waals surface area contributed by atoms with Crippen LogP contribution in [0.5, 0.6) is 0 Å². The third-order valence-electron chi connectivity index (χ3n) is 2.26. The first-order valence-corrected chi connectivity index (χ1v) is 6.46. The smallest absolute Gasteiger partial charge is 0.0720 e. The summed E-state index contributed by atoms with van der Waals surface area (Å²) in [7, 11) is 1.65. The molecule has 4 nitrogen and oxygen atoms in total. The van der Waals surface area contributed by atoms with Gasteiger partial charge in [-0.2, -0.15) is 0 Å². The van der Waals surface area contributed by atoms with Crippen LogP contribution in [0.2, 0.25) is 10.0 Å². The fraction of sp³-hybridized carbons (Fsp3) is 0.500. The van der Waals surface area contributed by atoms with Crippen molar-refractivity contribution in [1.29, 1.82) is 0 Å². The third-order valence-corrected chi connectivity index (χ3v) is 2.86. The lowest BCUT2D eigenvalue weighted by Gasteiger charge is -2.11. The Kier molecular flexibility index (Phi) is 7.20. The van der Waals surface area contributed by atoms with E-state index in [1.165, 1.54) is 0 Å². The first-order chi connectivity index (χ1) is 8.65. The molecule has 1 aromatic rings. The molecule has 0 bridgehead atoms. The van der Waals surface area contributed by atoms with Crippen LogP contribution >= 0.6 is 23.2 Å². The van der Waals surface area contributed by atoms with Gasteiger partial charge in [-0.3, -0.25) is 0 Å². The lowest BCUT2D eigenvalue weighted by Crippen LogP contribution is -2.09. The number of hydrogen-bond donors (Lipinski definition) is 2. The number of methoxy groups -OCH3 is 1. The molecule has 0 aromatic heterocycles. The van der Waals surface area contributed by atoms with Crippen LogP contribution in [-0.4, -0.2) is 33.5 Å². The predicted molar refractivity (Wildman–Crippen MR) is 76.7 cm³/mol. The van der Waals surface area contributed by atoms with Crippen molar-refractivity contribution in [2.24, 2.45) is 0 Å². The van der Waals surface area contributed by atoms with E-state index in [2.05, 4.69) is 5.32 Å². The minimum atomic E-state index is 0.528. The van der Waals surface area contributed by atoms with E-state index in [4.69, 9.17) is 38.4 Å². The van der Waals surface area contributed by atoms with Crippen LogP contribution in [0.1, 0.15) is 6.42 Å². The van der Waals surface area contributed by atoms with Crippen LogP contribution in [-0.2, 0) is 9.47 Å². The van der Waals surface area contributed by atoms with Gasteiger partial charge in [-0.15, -0.1) is 0 Å². The van der Waals surface area contributed by atoms with Gasteiger partial charge in [0.2, 0.25) is 0 Å². The molecular weight excluding hydrogens is 275 g/mol. The van der Waals surface area contributed by atoms with E-state index < -0.39 is 0 Å². The van der Waals surface area contributed by atoms with Crippen molar-refractivity contribution in [3.63, 3.8) is 0 Å². The molecule has 0 aliphatic heterocycles. The van der Waals surface area contributed by atoms with Gasteiger partial charge in [-0.05, 0) is 18.6 Å². The molecule has 0 heterocycles. The quantitative estimate of drug-likeness (QED) is 0.571. The van der Waals surface area contributed by atoms with E-state index >= 15 is 0 Å². The average Bonchev–Trinajstić information content (AvgIpc) is 2.30. The molecule has 0 amide bonds. The van der Waals surface area contributed by atoms with Crippen LogP contribution in [0.4, 0.5) is 11.4 Å². The minimum absolute atomic E-state index is 0.528. The molecule has 0 spiro atoms. The number of nitrogens with one attached hydrogen (secondary N) is 1. The highest BCUT2D eigenvalue weighted by atomic mass is 35.5. The van der Waals surface area contributed by atoms with Gasteiger partial charge in [-0.25, -0.2) is 0 Å². The molecule has 0 unspecified atom stereocenters. The maximum atomic E-state index is 6.04. The Bertz CT molecular complexity index is 352. The first kappa shape index (κ1) is 15.4. The third kappa shape index (κ3) is 5.31. The zero-order valence-electron chi connectivity index (χ0n) is 10.3. The number of benzene rings is 1. The Balaban J connectivity index is 2.27. The van der Waals surface area contributed by atoms with Crippen LogP contribution in [0.25, 0.3) is 0 Å².